The lowest BCUT2D eigenvalue weighted by Gasteiger charge is -2.29. The van der Waals surface area contributed by atoms with Crippen molar-refractivity contribution in [3.05, 3.63) is 35.4 Å². The first-order chi connectivity index (χ1) is 10.6. The van der Waals surface area contributed by atoms with Crippen molar-refractivity contribution in [2.45, 2.75) is 45.2 Å². The number of hydrogen-bond acceptors (Lipinski definition) is 3. The number of carbonyl (C=O) groups is 1. The molecule has 0 aliphatic carbocycles. The number of hydrogen-bond donors (Lipinski definition) is 0. The van der Waals surface area contributed by atoms with Crippen LogP contribution < -0.4 is 0 Å². The molecule has 1 aromatic rings. The van der Waals surface area contributed by atoms with Crippen LogP contribution >= 0.6 is 0 Å². The Bertz CT molecular complexity index is 542. The smallest absolute Gasteiger partial charge is 0.239 e. The Morgan fingerprint density at radius 1 is 1.32 bits per heavy atom. The van der Waals surface area contributed by atoms with Crippen molar-refractivity contribution in [2.75, 3.05) is 20.1 Å². The first-order valence-corrected chi connectivity index (χ1v) is 8.10. The number of carbonyl (C=O) groups excluding carboxylic acids is 1. The minimum atomic E-state index is -0.135. The number of amides is 1. The van der Waals surface area contributed by atoms with Gasteiger partial charge in [0.25, 0.3) is 0 Å². The molecular formula is C18H25N3O. The van der Waals surface area contributed by atoms with E-state index in [0.717, 1.165) is 31.5 Å². The van der Waals surface area contributed by atoms with Crippen LogP contribution in [0.4, 0.5) is 0 Å². The summed E-state index contributed by atoms with van der Waals surface area (Å²) in [5.41, 5.74) is 1.73. The van der Waals surface area contributed by atoms with Crippen LogP contribution in [0, 0.1) is 11.3 Å². The first-order valence-electron chi connectivity index (χ1n) is 8.10. The molecule has 4 heteroatoms. The molecule has 22 heavy (non-hydrogen) atoms. The van der Waals surface area contributed by atoms with Crippen molar-refractivity contribution < 1.29 is 4.79 Å². The van der Waals surface area contributed by atoms with Crippen LogP contribution in [0.25, 0.3) is 0 Å². The number of rotatable bonds is 4. The molecule has 1 amide bonds. The zero-order valence-corrected chi connectivity index (χ0v) is 13.6. The van der Waals surface area contributed by atoms with Crippen molar-refractivity contribution in [1.29, 1.82) is 5.26 Å². The van der Waals surface area contributed by atoms with E-state index in [-0.39, 0.29) is 11.9 Å². The third kappa shape index (κ3) is 4.32. The second-order valence-corrected chi connectivity index (χ2v) is 6.14. The Balaban J connectivity index is 1.97. The molecule has 4 nitrogen and oxygen atoms in total. The zero-order valence-electron chi connectivity index (χ0n) is 13.6. The van der Waals surface area contributed by atoms with Crippen molar-refractivity contribution >= 4 is 5.91 Å². The summed E-state index contributed by atoms with van der Waals surface area (Å²) >= 11 is 0. The van der Waals surface area contributed by atoms with Gasteiger partial charge in [-0.1, -0.05) is 25.0 Å². The predicted molar refractivity (Wildman–Crippen MR) is 87.1 cm³/mol. The number of benzene rings is 1. The van der Waals surface area contributed by atoms with Crippen LogP contribution in [-0.2, 0) is 11.3 Å². The fraction of sp³-hybridized carbons (Fsp3) is 0.556. The lowest BCUT2D eigenvalue weighted by Crippen LogP contribution is -2.45. The molecule has 1 aromatic carbocycles. The normalized spacial score (nSPS) is 16.9. The predicted octanol–water partition coefficient (Wildman–Crippen LogP) is 2.78. The Morgan fingerprint density at radius 2 is 2.00 bits per heavy atom. The minimum Gasteiger partial charge on any atom is -0.341 e. The maximum absolute atomic E-state index is 12.6. The second kappa shape index (κ2) is 7.95. The number of nitriles is 1. The minimum absolute atomic E-state index is 0.135. The monoisotopic (exact) mass is 299 g/mol. The van der Waals surface area contributed by atoms with E-state index in [1.807, 2.05) is 37.1 Å². The van der Waals surface area contributed by atoms with Gasteiger partial charge in [0.1, 0.15) is 0 Å². The standard InChI is InChI=1S/C18H25N3O/c1-15(18(22)21-10-5-3-4-6-11-21)20(2)14-17-9-7-8-16(12-17)13-19/h7-9,12,15H,3-6,10-11,14H2,1-2H3. The van der Waals surface area contributed by atoms with E-state index in [1.54, 1.807) is 6.07 Å². The fourth-order valence-electron chi connectivity index (χ4n) is 2.91. The third-order valence-electron chi connectivity index (χ3n) is 4.42. The maximum atomic E-state index is 12.6. The summed E-state index contributed by atoms with van der Waals surface area (Å²) in [6, 6.07) is 9.60. The Labute approximate surface area is 133 Å². The molecule has 118 valence electrons. The molecule has 1 saturated heterocycles. The molecule has 0 N–H and O–H groups in total. The van der Waals surface area contributed by atoms with Crippen molar-refractivity contribution in [2.24, 2.45) is 0 Å². The Morgan fingerprint density at radius 3 is 2.64 bits per heavy atom. The van der Waals surface area contributed by atoms with Gasteiger partial charge in [0.15, 0.2) is 0 Å². The number of likely N-dealkylation sites (tertiary alicyclic amines) is 1. The highest BCUT2D eigenvalue weighted by Gasteiger charge is 2.24. The molecule has 2 rings (SSSR count). The molecule has 0 spiro atoms. The molecule has 0 radical (unpaired) electrons. The summed E-state index contributed by atoms with van der Waals surface area (Å²) in [5, 5.41) is 8.97. The van der Waals surface area contributed by atoms with Gasteiger partial charge in [0.05, 0.1) is 17.7 Å². The van der Waals surface area contributed by atoms with Gasteiger partial charge in [-0.2, -0.15) is 5.26 Å². The molecule has 0 saturated carbocycles. The summed E-state index contributed by atoms with van der Waals surface area (Å²) < 4.78 is 0. The van der Waals surface area contributed by atoms with Gasteiger partial charge in [0, 0.05) is 19.6 Å². The summed E-state index contributed by atoms with van der Waals surface area (Å²) in [5.74, 6) is 0.223. The van der Waals surface area contributed by atoms with Gasteiger partial charge < -0.3 is 4.90 Å². The average molecular weight is 299 g/mol. The van der Waals surface area contributed by atoms with Gasteiger partial charge in [0.2, 0.25) is 5.91 Å². The van der Waals surface area contributed by atoms with Crippen molar-refractivity contribution in [3.63, 3.8) is 0 Å². The van der Waals surface area contributed by atoms with Crippen molar-refractivity contribution in [3.8, 4) is 6.07 Å². The van der Waals surface area contributed by atoms with Gasteiger partial charge in [-0.3, -0.25) is 9.69 Å². The van der Waals surface area contributed by atoms with Crippen LogP contribution in [0.3, 0.4) is 0 Å². The molecule has 1 atom stereocenters. The highest BCUT2D eigenvalue weighted by molar-refractivity contribution is 5.81. The molecule has 1 unspecified atom stereocenters. The van der Waals surface area contributed by atoms with Gasteiger partial charge in [-0.05, 0) is 44.5 Å². The van der Waals surface area contributed by atoms with E-state index < -0.39 is 0 Å². The largest absolute Gasteiger partial charge is 0.341 e. The van der Waals surface area contributed by atoms with E-state index >= 15 is 0 Å². The van der Waals surface area contributed by atoms with Gasteiger partial charge in [-0.25, -0.2) is 0 Å². The van der Waals surface area contributed by atoms with E-state index in [1.165, 1.54) is 12.8 Å². The number of nitrogens with zero attached hydrogens (tertiary/aromatic N) is 3. The zero-order chi connectivity index (χ0) is 15.9. The third-order valence-corrected chi connectivity index (χ3v) is 4.42. The summed E-state index contributed by atoms with van der Waals surface area (Å²) in [6.45, 7) is 4.43. The highest BCUT2D eigenvalue weighted by atomic mass is 16.2. The van der Waals surface area contributed by atoms with Gasteiger partial charge >= 0.3 is 0 Å². The van der Waals surface area contributed by atoms with E-state index in [0.29, 0.717) is 12.1 Å². The lowest BCUT2D eigenvalue weighted by atomic mass is 10.1. The quantitative estimate of drug-likeness (QED) is 0.859. The second-order valence-electron chi connectivity index (χ2n) is 6.14. The van der Waals surface area contributed by atoms with E-state index in [2.05, 4.69) is 11.0 Å². The average Bonchev–Trinajstić information content (AvgIpc) is 2.82. The molecule has 0 bridgehead atoms. The van der Waals surface area contributed by atoms with Crippen LogP contribution in [-0.4, -0.2) is 41.9 Å². The van der Waals surface area contributed by atoms with E-state index in [9.17, 15) is 4.79 Å². The first kappa shape index (κ1) is 16.5. The Hall–Kier alpha value is -1.86. The van der Waals surface area contributed by atoms with Crippen LogP contribution in [0.15, 0.2) is 24.3 Å². The molecule has 1 aliphatic heterocycles. The number of likely N-dealkylation sites (N-methyl/N-ethyl adjacent to an activating group) is 1. The summed E-state index contributed by atoms with van der Waals surface area (Å²) in [6.07, 6.45) is 4.70. The van der Waals surface area contributed by atoms with Crippen LogP contribution in [0.1, 0.15) is 43.7 Å². The molecule has 1 heterocycles. The lowest BCUT2D eigenvalue weighted by molar-refractivity contribution is -0.136. The highest BCUT2D eigenvalue weighted by Crippen LogP contribution is 2.14. The molecule has 1 aliphatic rings. The van der Waals surface area contributed by atoms with E-state index in [4.69, 9.17) is 5.26 Å². The molecule has 1 fully saturated rings. The topological polar surface area (TPSA) is 47.3 Å². The van der Waals surface area contributed by atoms with Crippen molar-refractivity contribution in [1.82, 2.24) is 9.80 Å². The SMILES string of the molecule is CC(C(=O)N1CCCCCC1)N(C)Cc1cccc(C#N)c1. The Kier molecular flexibility index (Phi) is 5.97. The fourth-order valence-corrected chi connectivity index (χ4v) is 2.91. The van der Waals surface area contributed by atoms with Crippen LogP contribution in [0.2, 0.25) is 0 Å². The summed E-state index contributed by atoms with van der Waals surface area (Å²) in [4.78, 5) is 16.7. The van der Waals surface area contributed by atoms with Crippen LogP contribution in [0.5, 0.6) is 0 Å². The van der Waals surface area contributed by atoms with Gasteiger partial charge in [-0.15, -0.1) is 0 Å². The molecule has 0 aromatic heterocycles. The maximum Gasteiger partial charge on any atom is 0.239 e. The summed E-state index contributed by atoms with van der Waals surface area (Å²) in [7, 11) is 1.97. The molecular weight excluding hydrogens is 274 g/mol.